The fraction of sp³-hybridized carbons (Fsp3) is 0.0833. The van der Waals surface area contributed by atoms with E-state index in [2.05, 4.69) is 0 Å². The van der Waals surface area contributed by atoms with Gasteiger partial charge in [0.25, 0.3) is 0 Å². The lowest BCUT2D eigenvalue weighted by atomic mass is 10.2. The Kier molecular flexibility index (Phi) is 2.67. The van der Waals surface area contributed by atoms with Gasteiger partial charge in [0.15, 0.2) is 0 Å². The summed E-state index contributed by atoms with van der Waals surface area (Å²) in [7, 11) is 0. The van der Waals surface area contributed by atoms with Crippen LogP contribution < -0.4 is 11.2 Å². The summed E-state index contributed by atoms with van der Waals surface area (Å²) in [5, 5.41) is 0. The van der Waals surface area contributed by atoms with Gasteiger partial charge in [0.1, 0.15) is 11.6 Å². The molecule has 2 rings (SSSR count). The molecule has 2 N–H and O–H groups in total. The van der Waals surface area contributed by atoms with Gasteiger partial charge < -0.3 is 10.3 Å². The molecule has 0 radical (unpaired) electrons. The molecule has 1 aromatic heterocycles. The number of aryl methyl sites for hydroxylation is 1. The average Bonchev–Trinajstić information content (AvgIpc) is 2.24. The number of aromatic nitrogens is 1. The maximum atomic E-state index is 13.6. The first-order valence-electron chi connectivity index (χ1n) is 4.93. The second kappa shape index (κ2) is 4.01. The van der Waals surface area contributed by atoms with Gasteiger partial charge in [-0.3, -0.25) is 4.79 Å². The Bertz CT molecular complexity index is 635. The van der Waals surface area contributed by atoms with Crippen molar-refractivity contribution in [1.29, 1.82) is 0 Å². The number of nitrogens with two attached hydrogens (primary N) is 1. The van der Waals surface area contributed by atoms with Crippen molar-refractivity contribution in [2.75, 3.05) is 5.73 Å². The van der Waals surface area contributed by atoms with Gasteiger partial charge in [-0.05, 0) is 19.1 Å². The van der Waals surface area contributed by atoms with Gasteiger partial charge in [0.05, 0.1) is 11.4 Å². The fourth-order valence-corrected chi connectivity index (χ4v) is 1.58. The molecule has 0 bridgehead atoms. The largest absolute Gasteiger partial charge is 0.394 e. The summed E-state index contributed by atoms with van der Waals surface area (Å²) in [6.07, 6.45) is 1.33. The van der Waals surface area contributed by atoms with Crippen molar-refractivity contribution in [3.63, 3.8) is 0 Å². The van der Waals surface area contributed by atoms with Crippen molar-refractivity contribution in [2.24, 2.45) is 0 Å². The molecule has 0 spiro atoms. The molecular formula is C12H10F2N2O. The summed E-state index contributed by atoms with van der Waals surface area (Å²) in [5.41, 5.74) is 5.84. The van der Waals surface area contributed by atoms with Crippen LogP contribution in [-0.4, -0.2) is 4.57 Å². The van der Waals surface area contributed by atoms with E-state index in [1.165, 1.54) is 22.9 Å². The molecule has 3 nitrogen and oxygen atoms in total. The Morgan fingerprint density at radius 2 is 1.94 bits per heavy atom. The fourth-order valence-electron chi connectivity index (χ4n) is 1.58. The minimum Gasteiger partial charge on any atom is -0.394 e. The van der Waals surface area contributed by atoms with Gasteiger partial charge in [0, 0.05) is 24.0 Å². The Hall–Kier alpha value is -2.17. The van der Waals surface area contributed by atoms with Crippen molar-refractivity contribution in [1.82, 2.24) is 4.57 Å². The summed E-state index contributed by atoms with van der Waals surface area (Å²) >= 11 is 0. The lowest BCUT2D eigenvalue weighted by Gasteiger charge is -2.12. The van der Waals surface area contributed by atoms with E-state index in [4.69, 9.17) is 5.73 Å². The molecule has 0 aliphatic rings. The topological polar surface area (TPSA) is 48.0 Å². The maximum Gasteiger partial charge on any atom is 0.204 e. The predicted octanol–water partition coefficient (Wildman–Crippen LogP) is 2.01. The van der Waals surface area contributed by atoms with Crippen LogP contribution >= 0.6 is 0 Å². The molecule has 0 unspecified atom stereocenters. The van der Waals surface area contributed by atoms with Gasteiger partial charge in [-0.25, -0.2) is 8.78 Å². The van der Waals surface area contributed by atoms with E-state index in [0.29, 0.717) is 5.69 Å². The van der Waals surface area contributed by atoms with E-state index < -0.39 is 11.6 Å². The molecule has 17 heavy (non-hydrogen) atoms. The van der Waals surface area contributed by atoms with Crippen LogP contribution in [0.1, 0.15) is 5.69 Å². The second-order valence-electron chi connectivity index (χ2n) is 3.70. The van der Waals surface area contributed by atoms with Crippen LogP contribution in [0.4, 0.5) is 14.5 Å². The van der Waals surface area contributed by atoms with Crippen LogP contribution in [0.5, 0.6) is 0 Å². The third kappa shape index (κ3) is 2.04. The zero-order valence-electron chi connectivity index (χ0n) is 9.08. The number of rotatable bonds is 1. The highest BCUT2D eigenvalue weighted by atomic mass is 19.1. The van der Waals surface area contributed by atoms with E-state index in [1.807, 2.05) is 0 Å². The number of hydrogen-bond acceptors (Lipinski definition) is 2. The van der Waals surface area contributed by atoms with Crippen molar-refractivity contribution < 1.29 is 8.78 Å². The molecule has 0 aliphatic carbocycles. The first-order chi connectivity index (χ1) is 7.99. The first-order valence-corrected chi connectivity index (χ1v) is 4.93. The number of halogens is 2. The minimum atomic E-state index is -0.712. The van der Waals surface area contributed by atoms with Gasteiger partial charge in [-0.15, -0.1) is 0 Å². The Labute approximate surface area is 96.1 Å². The molecule has 1 aromatic carbocycles. The third-order valence-electron chi connectivity index (χ3n) is 2.44. The third-order valence-corrected chi connectivity index (χ3v) is 2.44. The molecule has 0 saturated heterocycles. The first kappa shape index (κ1) is 11.3. The Morgan fingerprint density at radius 1 is 1.24 bits per heavy atom. The minimum absolute atomic E-state index is 0.0133. The van der Waals surface area contributed by atoms with Gasteiger partial charge >= 0.3 is 0 Å². The number of anilines is 1. The normalized spacial score (nSPS) is 10.5. The molecule has 5 heteroatoms. The van der Waals surface area contributed by atoms with Gasteiger partial charge in [0.2, 0.25) is 5.43 Å². The van der Waals surface area contributed by atoms with Gasteiger partial charge in [-0.1, -0.05) is 0 Å². The van der Waals surface area contributed by atoms with Crippen LogP contribution in [-0.2, 0) is 0 Å². The van der Waals surface area contributed by atoms with Crippen LogP contribution in [0.3, 0.4) is 0 Å². The van der Waals surface area contributed by atoms with E-state index in [1.54, 1.807) is 6.92 Å². The van der Waals surface area contributed by atoms with Crippen LogP contribution in [0.2, 0.25) is 0 Å². The number of nitrogens with zero attached hydrogens (tertiary/aromatic N) is 1. The molecule has 2 aromatic rings. The highest BCUT2D eigenvalue weighted by Gasteiger charge is 2.08. The Balaban J connectivity index is 2.68. The summed E-state index contributed by atoms with van der Waals surface area (Å²) in [6.45, 7) is 1.64. The summed E-state index contributed by atoms with van der Waals surface area (Å²) in [5.74, 6) is -1.37. The zero-order chi connectivity index (χ0) is 12.6. The van der Waals surface area contributed by atoms with E-state index >= 15 is 0 Å². The van der Waals surface area contributed by atoms with E-state index in [9.17, 15) is 13.6 Å². The summed E-state index contributed by atoms with van der Waals surface area (Å²) in [4.78, 5) is 11.3. The lowest BCUT2D eigenvalue weighted by molar-refractivity contribution is 0.577. The molecule has 0 aliphatic heterocycles. The smallest absolute Gasteiger partial charge is 0.204 e. The average molecular weight is 236 g/mol. The standard InChI is InChI=1S/C12H10F2N2O/c1-7-4-12(17)10(15)6-16(7)11-3-2-8(13)5-9(11)14/h2-6H,15H2,1H3. The van der Waals surface area contributed by atoms with E-state index in [-0.39, 0.29) is 16.8 Å². The van der Waals surface area contributed by atoms with E-state index in [0.717, 1.165) is 12.1 Å². The van der Waals surface area contributed by atoms with Crippen molar-refractivity contribution in [3.8, 4) is 5.69 Å². The second-order valence-corrected chi connectivity index (χ2v) is 3.70. The SMILES string of the molecule is Cc1cc(=O)c(N)cn1-c1ccc(F)cc1F. The summed E-state index contributed by atoms with van der Waals surface area (Å²) in [6, 6.07) is 4.52. The van der Waals surface area contributed by atoms with Gasteiger partial charge in [-0.2, -0.15) is 0 Å². The number of hydrogen-bond donors (Lipinski definition) is 1. The molecule has 1 heterocycles. The maximum absolute atomic E-state index is 13.6. The van der Waals surface area contributed by atoms with Crippen LogP contribution in [0, 0.1) is 18.6 Å². The van der Waals surface area contributed by atoms with Crippen LogP contribution in [0.15, 0.2) is 35.3 Å². The molecule has 0 fully saturated rings. The zero-order valence-corrected chi connectivity index (χ0v) is 9.08. The number of pyridine rings is 1. The quantitative estimate of drug-likeness (QED) is 0.823. The molecule has 0 saturated carbocycles. The molecule has 88 valence electrons. The highest BCUT2D eigenvalue weighted by molar-refractivity contribution is 5.43. The predicted molar refractivity (Wildman–Crippen MR) is 61.1 cm³/mol. The Morgan fingerprint density at radius 3 is 2.59 bits per heavy atom. The lowest BCUT2D eigenvalue weighted by Crippen LogP contribution is -2.13. The van der Waals surface area contributed by atoms with Crippen molar-refractivity contribution in [3.05, 3.63) is 58.0 Å². The molecule has 0 amide bonds. The number of nitrogen functional groups attached to an aromatic ring is 1. The van der Waals surface area contributed by atoms with Crippen molar-refractivity contribution >= 4 is 5.69 Å². The highest BCUT2D eigenvalue weighted by Crippen LogP contribution is 2.16. The molecular weight excluding hydrogens is 226 g/mol. The summed E-state index contributed by atoms with van der Waals surface area (Å²) < 4.78 is 27.8. The van der Waals surface area contributed by atoms with Crippen molar-refractivity contribution in [2.45, 2.75) is 6.92 Å². The monoisotopic (exact) mass is 236 g/mol. The molecule has 0 atom stereocenters. The number of benzene rings is 1. The van der Waals surface area contributed by atoms with Crippen LogP contribution in [0.25, 0.3) is 5.69 Å².